The summed E-state index contributed by atoms with van der Waals surface area (Å²) in [7, 11) is -3.76. The van der Waals surface area contributed by atoms with Gasteiger partial charge in [0.15, 0.2) is 0 Å². The molecule has 0 fully saturated rings. The number of hydrogen-bond acceptors (Lipinski definition) is 3. The van der Waals surface area contributed by atoms with Gasteiger partial charge in [-0.05, 0) is 38.1 Å². The highest BCUT2D eigenvalue weighted by Crippen LogP contribution is 2.19. The van der Waals surface area contributed by atoms with Crippen LogP contribution in [0.4, 0.5) is 24.5 Å². The molecule has 0 radical (unpaired) electrons. The molecule has 0 heterocycles. The fourth-order valence-corrected chi connectivity index (χ4v) is 2.44. The third-order valence-corrected chi connectivity index (χ3v) is 3.33. The van der Waals surface area contributed by atoms with Crippen molar-refractivity contribution in [1.82, 2.24) is 4.72 Å². The third kappa shape index (κ3) is 6.00. The number of benzene rings is 1. The second-order valence-corrected chi connectivity index (χ2v) is 5.85. The van der Waals surface area contributed by atoms with Gasteiger partial charge in [0.25, 0.3) is 10.2 Å². The fraction of sp³-hybridized carbons (Fsp3) is 0.364. The first-order valence-corrected chi connectivity index (χ1v) is 7.26. The summed E-state index contributed by atoms with van der Waals surface area (Å²) in [4.78, 5) is 10.7. The highest BCUT2D eigenvalue weighted by atomic mass is 32.2. The molecule has 1 aromatic carbocycles. The van der Waals surface area contributed by atoms with Crippen molar-refractivity contribution in [2.75, 3.05) is 10.0 Å². The predicted octanol–water partition coefficient (Wildman–Crippen LogP) is 1.84. The molecule has 118 valence electrons. The Morgan fingerprint density at radius 1 is 1.10 bits per heavy atom. The van der Waals surface area contributed by atoms with Crippen molar-refractivity contribution in [1.29, 1.82) is 0 Å². The van der Waals surface area contributed by atoms with Gasteiger partial charge in [0.1, 0.15) is 0 Å². The summed E-state index contributed by atoms with van der Waals surface area (Å²) >= 11 is 0. The second-order valence-electron chi connectivity index (χ2n) is 4.41. The average molecular weight is 325 g/mol. The Morgan fingerprint density at radius 3 is 2.00 bits per heavy atom. The molecule has 1 aromatic rings. The van der Waals surface area contributed by atoms with Crippen LogP contribution in [0, 0.1) is 0 Å². The van der Waals surface area contributed by atoms with Gasteiger partial charge in [0, 0.05) is 17.4 Å². The van der Waals surface area contributed by atoms with Gasteiger partial charge in [0.05, 0.1) is 0 Å². The Kier molecular flexibility index (Phi) is 5.18. The van der Waals surface area contributed by atoms with E-state index in [2.05, 4.69) is 9.44 Å². The van der Waals surface area contributed by atoms with Crippen molar-refractivity contribution < 1.29 is 26.4 Å². The van der Waals surface area contributed by atoms with E-state index < -0.39 is 22.3 Å². The lowest BCUT2D eigenvalue weighted by atomic mass is 10.3. The molecule has 0 aromatic heterocycles. The molecule has 0 spiro atoms. The summed E-state index contributed by atoms with van der Waals surface area (Å²) in [5.74, 6) is -2.10. The molecule has 0 atom stereocenters. The van der Waals surface area contributed by atoms with E-state index in [0.717, 1.165) is 12.1 Å². The summed E-state index contributed by atoms with van der Waals surface area (Å²) < 4.78 is 63.7. The van der Waals surface area contributed by atoms with E-state index >= 15 is 0 Å². The van der Waals surface area contributed by atoms with Crippen LogP contribution in [-0.2, 0) is 15.0 Å². The molecule has 0 aliphatic heterocycles. The molecule has 0 unspecified atom stereocenters. The molecule has 0 bridgehead atoms. The smallest absolute Gasteiger partial charge is 0.318 e. The van der Waals surface area contributed by atoms with Crippen LogP contribution < -0.4 is 14.8 Å². The molecular formula is C11H14F3N3O3S. The van der Waals surface area contributed by atoms with E-state index in [1.54, 1.807) is 19.2 Å². The summed E-state index contributed by atoms with van der Waals surface area (Å²) in [6.45, 7) is 3.27. The molecule has 21 heavy (non-hydrogen) atoms. The minimum absolute atomic E-state index is 0.0999. The van der Waals surface area contributed by atoms with E-state index in [9.17, 15) is 26.4 Å². The summed E-state index contributed by atoms with van der Waals surface area (Å²) in [6.07, 6.45) is -4.98. The standard InChI is InChI=1S/C11H14F3N3O3S/c1-7(2)16-21(19,20)17-9-5-3-8(4-6-9)15-10(18)11(12,13)14/h3-7,16-17H,1-2H3,(H,15,18). The van der Waals surface area contributed by atoms with Gasteiger partial charge >= 0.3 is 12.1 Å². The normalized spacial score (nSPS) is 12.3. The van der Waals surface area contributed by atoms with E-state index in [1.165, 1.54) is 12.1 Å². The topological polar surface area (TPSA) is 87.3 Å². The van der Waals surface area contributed by atoms with E-state index in [-0.39, 0.29) is 17.4 Å². The maximum absolute atomic E-state index is 12.0. The maximum Gasteiger partial charge on any atom is 0.471 e. The molecular weight excluding hydrogens is 311 g/mol. The Balaban J connectivity index is 2.73. The van der Waals surface area contributed by atoms with Gasteiger partial charge in [-0.3, -0.25) is 9.52 Å². The number of amides is 1. The van der Waals surface area contributed by atoms with E-state index in [4.69, 9.17) is 0 Å². The number of rotatable bonds is 5. The van der Waals surface area contributed by atoms with Crippen molar-refractivity contribution >= 4 is 27.5 Å². The fourth-order valence-electron chi connectivity index (χ4n) is 1.32. The van der Waals surface area contributed by atoms with Gasteiger partial charge in [-0.1, -0.05) is 0 Å². The van der Waals surface area contributed by atoms with Crippen LogP contribution in [0.2, 0.25) is 0 Å². The lowest BCUT2D eigenvalue weighted by Gasteiger charge is -2.12. The lowest BCUT2D eigenvalue weighted by molar-refractivity contribution is -0.167. The molecule has 1 amide bonds. The zero-order valence-corrected chi connectivity index (χ0v) is 12.0. The number of anilines is 2. The zero-order valence-electron chi connectivity index (χ0n) is 11.2. The molecule has 6 nitrogen and oxygen atoms in total. The Labute approximate surface area is 119 Å². The largest absolute Gasteiger partial charge is 0.471 e. The van der Waals surface area contributed by atoms with Crippen LogP contribution in [0.1, 0.15) is 13.8 Å². The Hall–Kier alpha value is -1.81. The number of halogens is 3. The second kappa shape index (κ2) is 6.31. The number of carbonyl (C=O) groups excluding carboxylic acids is 1. The van der Waals surface area contributed by atoms with Crippen LogP contribution in [0.25, 0.3) is 0 Å². The minimum atomic E-state index is -4.98. The Bertz CT molecular complexity index is 597. The van der Waals surface area contributed by atoms with Crippen LogP contribution >= 0.6 is 0 Å². The van der Waals surface area contributed by atoms with Gasteiger partial charge in [0.2, 0.25) is 0 Å². The summed E-state index contributed by atoms with van der Waals surface area (Å²) in [6, 6.07) is 4.44. The number of nitrogens with one attached hydrogen (secondary N) is 3. The van der Waals surface area contributed by atoms with Crippen molar-refractivity contribution in [3.8, 4) is 0 Å². The zero-order chi connectivity index (χ0) is 16.3. The quantitative estimate of drug-likeness (QED) is 0.772. The maximum atomic E-state index is 12.0. The van der Waals surface area contributed by atoms with Gasteiger partial charge < -0.3 is 5.32 Å². The summed E-state index contributed by atoms with van der Waals surface area (Å²) in [5, 5.41) is 1.65. The first-order valence-electron chi connectivity index (χ1n) is 5.78. The first-order chi connectivity index (χ1) is 9.49. The van der Waals surface area contributed by atoms with Crippen molar-refractivity contribution in [3.05, 3.63) is 24.3 Å². The number of hydrogen-bond donors (Lipinski definition) is 3. The molecule has 0 aliphatic rings. The average Bonchev–Trinajstić information content (AvgIpc) is 2.28. The van der Waals surface area contributed by atoms with Gasteiger partial charge in [-0.25, -0.2) is 0 Å². The van der Waals surface area contributed by atoms with Crippen LogP contribution in [0.3, 0.4) is 0 Å². The van der Waals surface area contributed by atoms with E-state index in [1.807, 2.05) is 0 Å². The van der Waals surface area contributed by atoms with Crippen LogP contribution in [0.15, 0.2) is 24.3 Å². The summed E-state index contributed by atoms with van der Waals surface area (Å²) in [5.41, 5.74) is 0.0465. The van der Waals surface area contributed by atoms with Crippen molar-refractivity contribution in [2.24, 2.45) is 0 Å². The molecule has 0 aliphatic carbocycles. The predicted molar refractivity (Wildman–Crippen MR) is 71.9 cm³/mol. The van der Waals surface area contributed by atoms with Crippen molar-refractivity contribution in [2.45, 2.75) is 26.1 Å². The van der Waals surface area contributed by atoms with Gasteiger partial charge in [-0.2, -0.15) is 26.3 Å². The van der Waals surface area contributed by atoms with Crippen LogP contribution in [0.5, 0.6) is 0 Å². The number of alkyl halides is 3. The third-order valence-electron chi connectivity index (χ3n) is 2.04. The molecule has 0 saturated heterocycles. The SMILES string of the molecule is CC(C)NS(=O)(=O)Nc1ccc(NC(=O)C(F)(F)F)cc1. The van der Waals surface area contributed by atoms with Gasteiger partial charge in [-0.15, -0.1) is 0 Å². The highest BCUT2D eigenvalue weighted by Gasteiger charge is 2.38. The van der Waals surface area contributed by atoms with E-state index in [0.29, 0.717) is 0 Å². The number of carbonyl (C=O) groups is 1. The van der Waals surface area contributed by atoms with Crippen LogP contribution in [-0.4, -0.2) is 26.5 Å². The minimum Gasteiger partial charge on any atom is -0.318 e. The lowest BCUT2D eigenvalue weighted by Crippen LogP contribution is -2.35. The van der Waals surface area contributed by atoms with Crippen molar-refractivity contribution in [3.63, 3.8) is 0 Å². The Morgan fingerprint density at radius 2 is 1.57 bits per heavy atom. The molecule has 3 N–H and O–H groups in total. The molecule has 10 heteroatoms. The molecule has 1 rings (SSSR count). The molecule has 0 saturated carbocycles. The monoisotopic (exact) mass is 325 g/mol. The highest BCUT2D eigenvalue weighted by molar-refractivity contribution is 7.90. The first kappa shape index (κ1) is 17.2.